The van der Waals surface area contributed by atoms with Gasteiger partial charge in [0.15, 0.2) is 5.78 Å². The topological polar surface area (TPSA) is 46.3 Å². The van der Waals surface area contributed by atoms with Crippen molar-refractivity contribution in [3.05, 3.63) is 17.5 Å². The van der Waals surface area contributed by atoms with Gasteiger partial charge in [-0.1, -0.05) is 5.16 Å². The first-order valence-electron chi connectivity index (χ1n) is 5.83. The average molecular weight is 222 g/mol. The van der Waals surface area contributed by atoms with Crippen molar-refractivity contribution in [2.24, 2.45) is 0 Å². The molecule has 0 aliphatic carbocycles. The summed E-state index contributed by atoms with van der Waals surface area (Å²) in [5.74, 6) is 0.888. The van der Waals surface area contributed by atoms with Gasteiger partial charge in [0.05, 0.1) is 18.7 Å². The number of aryl methyl sites for hydroxylation is 1. The summed E-state index contributed by atoms with van der Waals surface area (Å²) >= 11 is 0. The van der Waals surface area contributed by atoms with Crippen molar-refractivity contribution >= 4 is 5.78 Å². The number of Topliss-reactive ketones (excluding diaryl/α,β-unsaturated/α-hetero) is 1. The van der Waals surface area contributed by atoms with Gasteiger partial charge in [-0.15, -0.1) is 0 Å². The van der Waals surface area contributed by atoms with Gasteiger partial charge in [0.25, 0.3) is 0 Å². The van der Waals surface area contributed by atoms with E-state index in [2.05, 4.69) is 17.0 Å². The fraction of sp³-hybridized carbons (Fsp3) is 0.667. The lowest BCUT2D eigenvalue weighted by Gasteiger charge is -2.19. The highest BCUT2D eigenvalue weighted by atomic mass is 16.5. The predicted molar refractivity (Wildman–Crippen MR) is 60.2 cm³/mol. The van der Waals surface area contributed by atoms with Gasteiger partial charge < -0.3 is 4.52 Å². The molecule has 0 spiro atoms. The highest BCUT2D eigenvalue weighted by molar-refractivity contribution is 5.82. The number of aromatic nitrogens is 1. The molecule has 1 fully saturated rings. The minimum absolute atomic E-state index is 0.213. The Hall–Kier alpha value is -1.16. The van der Waals surface area contributed by atoms with Gasteiger partial charge in [0.1, 0.15) is 5.76 Å². The Morgan fingerprint density at radius 2 is 2.50 bits per heavy atom. The molecule has 0 saturated carbocycles. The highest BCUT2D eigenvalue weighted by Gasteiger charge is 2.22. The van der Waals surface area contributed by atoms with Crippen LogP contribution in [-0.2, 0) is 11.2 Å². The molecule has 2 rings (SSSR count). The van der Waals surface area contributed by atoms with Gasteiger partial charge in [-0.3, -0.25) is 9.69 Å². The first kappa shape index (κ1) is 11.3. The zero-order chi connectivity index (χ0) is 11.5. The van der Waals surface area contributed by atoms with Crippen LogP contribution in [0.5, 0.6) is 0 Å². The van der Waals surface area contributed by atoms with Gasteiger partial charge in [0, 0.05) is 12.1 Å². The standard InChI is InChI=1S/C12H18N2O2/c1-9-6-12(16-13-9)7-11(15)8-14-5-3-4-10(14)2/h6,10H,3-5,7-8H2,1-2H3. The Morgan fingerprint density at radius 1 is 1.69 bits per heavy atom. The molecule has 1 aliphatic rings. The first-order chi connectivity index (χ1) is 7.65. The number of rotatable bonds is 4. The zero-order valence-corrected chi connectivity index (χ0v) is 9.90. The number of nitrogens with zero attached hydrogens (tertiary/aromatic N) is 2. The molecule has 88 valence electrons. The molecular weight excluding hydrogens is 204 g/mol. The maximum Gasteiger partial charge on any atom is 0.154 e. The summed E-state index contributed by atoms with van der Waals surface area (Å²) in [4.78, 5) is 14.0. The predicted octanol–water partition coefficient (Wildman–Crippen LogP) is 1.58. The monoisotopic (exact) mass is 222 g/mol. The molecule has 1 aromatic heterocycles. The quantitative estimate of drug-likeness (QED) is 0.776. The Balaban J connectivity index is 1.84. The van der Waals surface area contributed by atoms with Crippen LogP contribution >= 0.6 is 0 Å². The Kier molecular flexibility index (Phi) is 3.39. The van der Waals surface area contributed by atoms with E-state index >= 15 is 0 Å². The van der Waals surface area contributed by atoms with E-state index in [4.69, 9.17) is 4.52 Å². The molecule has 1 aromatic rings. The normalized spacial score (nSPS) is 21.5. The second kappa shape index (κ2) is 4.78. The molecule has 16 heavy (non-hydrogen) atoms. The molecule has 1 aliphatic heterocycles. The molecule has 0 N–H and O–H groups in total. The van der Waals surface area contributed by atoms with Crippen molar-refractivity contribution in [3.63, 3.8) is 0 Å². The van der Waals surface area contributed by atoms with Crippen molar-refractivity contribution in [1.29, 1.82) is 0 Å². The second-order valence-corrected chi connectivity index (χ2v) is 4.61. The number of carbonyl (C=O) groups excluding carboxylic acids is 1. The van der Waals surface area contributed by atoms with E-state index in [1.807, 2.05) is 13.0 Å². The lowest BCUT2D eigenvalue weighted by Crippen LogP contribution is -2.33. The molecular formula is C12H18N2O2. The van der Waals surface area contributed by atoms with Gasteiger partial charge in [-0.05, 0) is 33.2 Å². The van der Waals surface area contributed by atoms with E-state index in [-0.39, 0.29) is 5.78 Å². The second-order valence-electron chi connectivity index (χ2n) is 4.61. The molecule has 4 heteroatoms. The van der Waals surface area contributed by atoms with Crippen molar-refractivity contribution in [1.82, 2.24) is 10.1 Å². The average Bonchev–Trinajstić information content (AvgIpc) is 2.77. The van der Waals surface area contributed by atoms with Crippen molar-refractivity contribution in [2.45, 2.75) is 39.2 Å². The number of hydrogen-bond donors (Lipinski definition) is 0. The van der Waals surface area contributed by atoms with Crippen molar-refractivity contribution in [3.8, 4) is 0 Å². The molecule has 0 bridgehead atoms. The largest absolute Gasteiger partial charge is 0.361 e. The number of carbonyl (C=O) groups is 1. The van der Waals surface area contributed by atoms with E-state index < -0.39 is 0 Å². The Labute approximate surface area is 95.6 Å². The summed E-state index contributed by atoms with van der Waals surface area (Å²) in [5.41, 5.74) is 0.831. The van der Waals surface area contributed by atoms with Crippen LogP contribution < -0.4 is 0 Å². The third kappa shape index (κ3) is 2.70. The van der Waals surface area contributed by atoms with Crippen molar-refractivity contribution < 1.29 is 9.32 Å². The first-order valence-corrected chi connectivity index (χ1v) is 5.83. The Bertz CT molecular complexity index is 373. The number of likely N-dealkylation sites (tertiary alicyclic amines) is 1. The fourth-order valence-corrected chi connectivity index (χ4v) is 2.20. The van der Waals surface area contributed by atoms with E-state index in [0.717, 1.165) is 12.2 Å². The summed E-state index contributed by atoms with van der Waals surface area (Å²) < 4.78 is 5.04. The third-order valence-electron chi connectivity index (χ3n) is 3.12. The van der Waals surface area contributed by atoms with Crippen LogP contribution in [0.25, 0.3) is 0 Å². The van der Waals surface area contributed by atoms with Crippen LogP contribution in [-0.4, -0.2) is 35.0 Å². The summed E-state index contributed by atoms with van der Waals surface area (Å²) in [6.07, 6.45) is 2.77. The van der Waals surface area contributed by atoms with Crippen LogP contribution in [0.15, 0.2) is 10.6 Å². The molecule has 2 heterocycles. The van der Waals surface area contributed by atoms with Gasteiger partial charge >= 0.3 is 0 Å². The number of hydrogen-bond acceptors (Lipinski definition) is 4. The molecule has 0 amide bonds. The molecule has 0 aromatic carbocycles. The van der Waals surface area contributed by atoms with Crippen LogP contribution in [0, 0.1) is 6.92 Å². The SMILES string of the molecule is Cc1cc(CC(=O)CN2CCCC2C)on1. The third-order valence-corrected chi connectivity index (χ3v) is 3.12. The Morgan fingerprint density at radius 3 is 3.06 bits per heavy atom. The van der Waals surface area contributed by atoms with E-state index in [1.54, 1.807) is 0 Å². The maximum atomic E-state index is 11.8. The minimum atomic E-state index is 0.213. The van der Waals surface area contributed by atoms with Crippen LogP contribution in [0.4, 0.5) is 0 Å². The van der Waals surface area contributed by atoms with E-state index in [0.29, 0.717) is 24.8 Å². The zero-order valence-electron chi connectivity index (χ0n) is 9.90. The fourth-order valence-electron chi connectivity index (χ4n) is 2.20. The van der Waals surface area contributed by atoms with Crippen LogP contribution in [0.3, 0.4) is 0 Å². The number of ketones is 1. The summed E-state index contributed by atoms with van der Waals surface area (Å²) in [5, 5.41) is 3.78. The molecule has 1 unspecified atom stereocenters. The smallest absolute Gasteiger partial charge is 0.154 e. The lowest BCUT2D eigenvalue weighted by molar-refractivity contribution is -0.120. The lowest BCUT2D eigenvalue weighted by atomic mass is 10.2. The minimum Gasteiger partial charge on any atom is -0.361 e. The van der Waals surface area contributed by atoms with Crippen LogP contribution in [0.1, 0.15) is 31.2 Å². The molecule has 4 nitrogen and oxygen atoms in total. The van der Waals surface area contributed by atoms with Crippen LogP contribution in [0.2, 0.25) is 0 Å². The maximum absolute atomic E-state index is 11.8. The van der Waals surface area contributed by atoms with Gasteiger partial charge in [0.2, 0.25) is 0 Å². The van der Waals surface area contributed by atoms with Gasteiger partial charge in [-0.25, -0.2) is 0 Å². The molecule has 1 atom stereocenters. The van der Waals surface area contributed by atoms with E-state index in [9.17, 15) is 4.79 Å². The van der Waals surface area contributed by atoms with Crippen molar-refractivity contribution in [2.75, 3.05) is 13.1 Å². The highest BCUT2D eigenvalue weighted by Crippen LogP contribution is 2.16. The molecule has 1 saturated heterocycles. The van der Waals surface area contributed by atoms with E-state index in [1.165, 1.54) is 12.8 Å². The van der Waals surface area contributed by atoms with Gasteiger partial charge in [-0.2, -0.15) is 0 Å². The molecule has 0 radical (unpaired) electrons. The summed E-state index contributed by atoms with van der Waals surface area (Å²) in [7, 11) is 0. The summed E-state index contributed by atoms with van der Waals surface area (Å²) in [6, 6.07) is 2.37. The summed E-state index contributed by atoms with van der Waals surface area (Å²) in [6.45, 7) is 5.63.